The molecule has 10 atom stereocenters. The summed E-state index contributed by atoms with van der Waals surface area (Å²) in [7, 11) is -0.180. The average Bonchev–Trinajstić information content (AvgIpc) is 3.57. The van der Waals surface area contributed by atoms with Crippen LogP contribution in [0.15, 0.2) is 36.4 Å². The van der Waals surface area contributed by atoms with Crippen LogP contribution in [0.1, 0.15) is 98.0 Å². The fourth-order valence-electron chi connectivity index (χ4n) is 8.30. The van der Waals surface area contributed by atoms with Crippen LogP contribution in [0.2, 0.25) is 18.1 Å². The van der Waals surface area contributed by atoms with Gasteiger partial charge in [-0.25, -0.2) is 0 Å². The second-order valence-electron chi connectivity index (χ2n) is 16.3. The Morgan fingerprint density at radius 1 is 0.956 bits per heavy atom. The Labute approximate surface area is 275 Å². The van der Waals surface area contributed by atoms with Gasteiger partial charge in [0, 0.05) is 12.7 Å². The molecule has 3 aliphatic carbocycles. The molecule has 45 heavy (non-hydrogen) atoms. The summed E-state index contributed by atoms with van der Waals surface area (Å²) in [5.41, 5.74) is -0.0449. The predicted octanol–water partition coefficient (Wildman–Crippen LogP) is 7.90. The van der Waals surface area contributed by atoms with Crippen LogP contribution in [0.3, 0.4) is 0 Å². The summed E-state index contributed by atoms with van der Waals surface area (Å²) in [5.74, 6) is 3.10. The van der Waals surface area contributed by atoms with E-state index in [0.29, 0.717) is 49.4 Å². The number of methoxy groups -OCH3 is 1. The number of unbranched alkanes of at least 4 members (excludes halogenated alkanes) is 1. The number of hydrogen-bond acceptors (Lipinski definition) is 6. The van der Waals surface area contributed by atoms with Crippen LogP contribution >= 0.6 is 0 Å². The van der Waals surface area contributed by atoms with Gasteiger partial charge in [0.05, 0.1) is 31.5 Å². The van der Waals surface area contributed by atoms with Gasteiger partial charge in [-0.05, 0) is 123 Å². The predicted molar refractivity (Wildman–Crippen MR) is 185 cm³/mol. The van der Waals surface area contributed by atoms with Crippen molar-refractivity contribution in [1.29, 1.82) is 0 Å². The largest absolute Gasteiger partial charge is 0.497 e. The van der Waals surface area contributed by atoms with Crippen LogP contribution in [0.4, 0.5) is 0 Å². The van der Waals surface area contributed by atoms with E-state index in [-0.39, 0.29) is 23.0 Å². The summed E-state index contributed by atoms with van der Waals surface area (Å²) in [6.45, 7) is 16.7. The zero-order chi connectivity index (χ0) is 33.0. The third-order valence-electron chi connectivity index (χ3n) is 12.1. The molecule has 0 saturated heterocycles. The number of fused-ring (bicyclic) bond motifs is 3. The topological polar surface area (TPSA) is 88.4 Å². The molecule has 0 radical (unpaired) electrons. The summed E-state index contributed by atoms with van der Waals surface area (Å²) in [6, 6.07) is 8.01. The van der Waals surface area contributed by atoms with Crippen molar-refractivity contribution in [2.75, 3.05) is 13.7 Å². The number of hydrogen-bond donors (Lipinski definition) is 3. The van der Waals surface area contributed by atoms with Gasteiger partial charge < -0.3 is 29.2 Å². The van der Waals surface area contributed by atoms with Crippen molar-refractivity contribution in [3.8, 4) is 5.75 Å². The van der Waals surface area contributed by atoms with E-state index in [9.17, 15) is 15.3 Å². The number of benzene rings is 1. The average molecular weight is 645 g/mol. The zero-order valence-electron chi connectivity index (χ0n) is 29.5. The second-order valence-corrected chi connectivity index (χ2v) is 21.0. The quantitative estimate of drug-likeness (QED) is 0.0964. The molecule has 0 spiro atoms. The minimum absolute atomic E-state index is 0.0181. The Morgan fingerprint density at radius 2 is 1.67 bits per heavy atom. The molecule has 0 heterocycles. The minimum atomic E-state index is -1.86. The Bertz CT molecular complexity index is 1080. The molecule has 3 aliphatic rings. The first kappa shape index (κ1) is 36.6. The van der Waals surface area contributed by atoms with Gasteiger partial charge in [0.15, 0.2) is 8.32 Å². The van der Waals surface area contributed by atoms with Gasteiger partial charge in [-0.2, -0.15) is 0 Å². The smallest absolute Gasteiger partial charge is 0.192 e. The molecule has 7 heteroatoms. The molecule has 6 nitrogen and oxygen atoms in total. The Balaban J connectivity index is 1.45. The highest BCUT2D eigenvalue weighted by Gasteiger charge is 2.55. The van der Waals surface area contributed by atoms with Crippen molar-refractivity contribution in [3.05, 3.63) is 42.0 Å². The third-order valence-corrected chi connectivity index (χ3v) is 16.6. The summed E-state index contributed by atoms with van der Waals surface area (Å²) >= 11 is 0. The van der Waals surface area contributed by atoms with E-state index in [1.807, 2.05) is 38.1 Å². The van der Waals surface area contributed by atoms with Crippen LogP contribution in [0.5, 0.6) is 5.75 Å². The lowest BCUT2D eigenvalue weighted by Crippen LogP contribution is -2.45. The molecule has 2 fully saturated rings. The van der Waals surface area contributed by atoms with Gasteiger partial charge in [-0.15, -0.1) is 0 Å². The van der Waals surface area contributed by atoms with Crippen molar-refractivity contribution in [3.63, 3.8) is 0 Å². The molecule has 0 aromatic heterocycles. The van der Waals surface area contributed by atoms with E-state index >= 15 is 0 Å². The van der Waals surface area contributed by atoms with E-state index < -0.39 is 20.0 Å². The van der Waals surface area contributed by atoms with Gasteiger partial charge in [-0.1, -0.05) is 64.8 Å². The number of aliphatic hydroxyl groups excluding tert-OH is 2. The molecule has 0 aliphatic heterocycles. The third kappa shape index (κ3) is 9.02. The molecule has 0 bridgehead atoms. The lowest BCUT2D eigenvalue weighted by atomic mass is 9.71. The number of ether oxygens (including phenoxy) is 2. The molecule has 3 N–H and O–H groups in total. The fourth-order valence-corrected chi connectivity index (χ4v) is 9.68. The van der Waals surface area contributed by atoms with E-state index in [2.05, 4.69) is 46.0 Å². The highest BCUT2D eigenvalue weighted by molar-refractivity contribution is 6.74. The summed E-state index contributed by atoms with van der Waals surface area (Å²) in [4.78, 5) is 0. The molecule has 0 amide bonds. The number of rotatable bonds is 16. The Hall–Kier alpha value is -1.22. The monoisotopic (exact) mass is 644 g/mol. The van der Waals surface area contributed by atoms with Gasteiger partial charge in [-0.3, -0.25) is 0 Å². The molecule has 256 valence electrons. The maximum atomic E-state index is 11.9. The molecular weight excluding hydrogens is 580 g/mol. The van der Waals surface area contributed by atoms with Gasteiger partial charge in [0.1, 0.15) is 5.75 Å². The van der Waals surface area contributed by atoms with Crippen molar-refractivity contribution in [2.24, 2.45) is 35.5 Å². The van der Waals surface area contributed by atoms with Gasteiger partial charge in [0.2, 0.25) is 0 Å². The fraction of sp³-hybridized carbons (Fsp3) is 0.789. The number of aliphatic hydroxyl groups is 3. The van der Waals surface area contributed by atoms with Crippen LogP contribution in [-0.2, 0) is 15.8 Å². The first-order valence-corrected chi connectivity index (χ1v) is 20.7. The van der Waals surface area contributed by atoms with E-state index in [1.54, 1.807) is 7.11 Å². The van der Waals surface area contributed by atoms with E-state index in [1.165, 1.54) is 0 Å². The SMILES string of the molecule is CC[C@H](O)CCCC[C@](C)(O)[C@H](O)[C@@H]1C[C@@H]2[C@@H](C=C[C@@H]3C[C@@H](O[Si](C)(C)C(C)(C)C)C[C@@H]23)[C@@H]1CCOCc1ccc(OC)cc1. The molecule has 4 rings (SSSR count). The molecular formula is C38H64O6Si. The van der Waals surface area contributed by atoms with Crippen molar-refractivity contribution in [2.45, 2.75) is 141 Å². The summed E-state index contributed by atoms with van der Waals surface area (Å²) in [5, 5.41) is 33.7. The van der Waals surface area contributed by atoms with Gasteiger partial charge in [0.25, 0.3) is 0 Å². The lowest BCUT2D eigenvalue weighted by Gasteiger charge is -2.38. The zero-order valence-corrected chi connectivity index (χ0v) is 30.5. The van der Waals surface area contributed by atoms with Crippen molar-refractivity contribution < 1.29 is 29.2 Å². The first-order chi connectivity index (χ1) is 21.2. The second kappa shape index (κ2) is 15.3. The molecule has 0 unspecified atom stereocenters. The molecule has 2 saturated carbocycles. The summed E-state index contributed by atoms with van der Waals surface area (Å²) in [6.07, 6.45) is 11.9. The minimum Gasteiger partial charge on any atom is -0.497 e. The highest BCUT2D eigenvalue weighted by Crippen LogP contribution is 2.58. The van der Waals surface area contributed by atoms with Crippen LogP contribution in [0.25, 0.3) is 0 Å². The lowest BCUT2D eigenvalue weighted by molar-refractivity contribution is -0.105. The van der Waals surface area contributed by atoms with E-state index in [0.717, 1.165) is 62.7 Å². The van der Waals surface area contributed by atoms with Crippen LogP contribution in [0, 0.1) is 35.5 Å². The maximum Gasteiger partial charge on any atom is 0.192 e. The highest BCUT2D eigenvalue weighted by atomic mass is 28.4. The van der Waals surface area contributed by atoms with Gasteiger partial charge >= 0.3 is 0 Å². The molecule has 1 aromatic carbocycles. The number of allylic oxidation sites excluding steroid dienone is 2. The standard InChI is InChI=1S/C38H64O6Si/c1-9-28(39)12-10-11-20-38(5,41)36(40)35-24-34-31(32(35)19-21-43-25-26-13-16-29(42-6)17-14-26)18-15-27-22-30(23-33(27)34)44-45(7,8)37(2,3)4/h13-18,27-28,30-36,39-41H,9-12,19-25H2,1-8H3/t27-,28+,30-,31+,32+,33-,34-,35-,36-,38+/m1/s1. The Kier molecular flexibility index (Phi) is 12.5. The van der Waals surface area contributed by atoms with Crippen LogP contribution < -0.4 is 4.74 Å². The first-order valence-electron chi connectivity index (χ1n) is 17.8. The van der Waals surface area contributed by atoms with Crippen molar-refractivity contribution in [1.82, 2.24) is 0 Å². The van der Waals surface area contributed by atoms with E-state index in [4.69, 9.17) is 13.9 Å². The summed E-state index contributed by atoms with van der Waals surface area (Å²) < 4.78 is 18.4. The normalized spacial score (nSPS) is 30.9. The van der Waals surface area contributed by atoms with Crippen LogP contribution in [-0.4, -0.2) is 61.3 Å². The maximum absolute atomic E-state index is 11.9. The Morgan fingerprint density at radius 3 is 2.31 bits per heavy atom. The van der Waals surface area contributed by atoms with Crippen molar-refractivity contribution >= 4 is 8.32 Å². The molecule has 1 aromatic rings.